The SMILES string of the molecule is C=CC(=O)Nc1ccccc1Nc1nc(NC2CCCN(C(=O)C(C)(C)O)C2)ncc1Cl. The Balaban J connectivity index is 1.74. The van der Waals surface area contributed by atoms with Gasteiger partial charge in [-0.25, -0.2) is 4.98 Å². The van der Waals surface area contributed by atoms with E-state index in [2.05, 4.69) is 32.5 Å². The highest BCUT2D eigenvalue weighted by Gasteiger charge is 2.32. The standard InChI is InChI=1S/C22H27ClN6O3/c1-4-18(30)26-16-9-5-6-10-17(16)27-19-15(23)12-24-21(28-19)25-14-8-7-11-29(13-14)20(31)22(2,3)32/h4-6,9-10,12,14,32H,1,7-8,11,13H2,2-3H3,(H,26,30)(H2,24,25,27,28). The van der Waals surface area contributed by atoms with Crippen molar-refractivity contribution in [2.75, 3.05) is 29.0 Å². The van der Waals surface area contributed by atoms with Gasteiger partial charge in [-0.2, -0.15) is 4.98 Å². The maximum atomic E-state index is 12.4. The highest BCUT2D eigenvalue weighted by Crippen LogP contribution is 2.29. The molecule has 1 fully saturated rings. The molecule has 1 atom stereocenters. The van der Waals surface area contributed by atoms with Crippen molar-refractivity contribution in [3.8, 4) is 0 Å². The van der Waals surface area contributed by atoms with Crippen molar-refractivity contribution in [1.29, 1.82) is 0 Å². The summed E-state index contributed by atoms with van der Waals surface area (Å²) in [4.78, 5) is 34.5. The van der Waals surface area contributed by atoms with Gasteiger partial charge in [0.05, 0.1) is 17.6 Å². The molecule has 3 rings (SSSR count). The molecule has 0 bridgehead atoms. The van der Waals surface area contributed by atoms with Gasteiger partial charge in [0.2, 0.25) is 11.9 Å². The van der Waals surface area contributed by atoms with Gasteiger partial charge < -0.3 is 26.0 Å². The number of nitrogens with one attached hydrogen (secondary N) is 3. The van der Waals surface area contributed by atoms with E-state index in [0.29, 0.717) is 41.3 Å². The van der Waals surface area contributed by atoms with Crippen LogP contribution in [0.25, 0.3) is 0 Å². The number of rotatable bonds is 7. The number of benzene rings is 1. The van der Waals surface area contributed by atoms with Gasteiger partial charge in [0.15, 0.2) is 5.82 Å². The minimum atomic E-state index is -1.41. The summed E-state index contributed by atoms with van der Waals surface area (Å²) in [7, 11) is 0. The van der Waals surface area contributed by atoms with Crippen LogP contribution in [0, 0.1) is 0 Å². The number of aromatic nitrogens is 2. The third-order valence-corrected chi connectivity index (χ3v) is 5.21. The molecule has 9 nitrogen and oxygen atoms in total. The van der Waals surface area contributed by atoms with Crippen LogP contribution in [0.3, 0.4) is 0 Å². The Hall–Kier alpha value is -3.17. The van der Waals surface area contributed by atoms with E-state index in [1.807, 2.05) is 6.07 Å². The monoisotopic (exact) mass is 458 g/mol. The lowest BCUT2D eigenvalue weighted by Gasteiger charge is -2.36. The number of likely N-dealkylation sites (tertiary alicyclic amines) is 1. The largest absolute Gasteiger partial charge is 0.381 e. The Morgan fingerprint density at radius 3 is 2.72 bits per heavy atom. The normalized spacial score (nSPS) is 16.2. The molecule has 1 unspecified atom stereocenters. The number of anilines is 4. The van der Waals surface area contributed by atoms with Crippen molar-refractivity contribution in [2.24, 2.45) is 0 Å². The Kier molecular flexibility index (Phi) is 7.32. The molecule has 4 N–H and O–H groups in total. The first-order valence-electron chi connectivity index (χ1n) is 10.3. The summed E-state index contributed by atoms with van der Waals surface area (Å²) < 4.78 is 0. The second kappa shape index (κ2) is 9.97. The zero-order valence-electron chi connectivity index (χ0n) is 18.1. The van der Waals surface area contributed by atoms with E-state index in [9.17, 15) is 14.7 Å². The van der Waals surface area contributed by atoms with Crippen molar-refractivity contribution in [3.63, 3.8) is 0 Å². The van der Waals surface area contributed by atoms with Crippen molar-refractivity contribution in [2.45, 2.75) is 38.3 Å². The minimum Gasteiger partial charge on any atom is -0.381 e. The van der Waals surface area contributed by atoms with Crippen LogP contribution in [0.15, 0.2) is 43.1 Å². The van der Waals surface area contributed by atoms with Crippen LogP contribution in [-0.4, -0.2) is 56.5 Å². The maximum absolute atomic E-state index is 12.4. The average Bonchev–Trinajstić information content (AvgIpc) is 2.76. The smallest absolute Gasteiger partial charge is 0.254 e. The number of para-hydroxylation sites is 2. The molecule has 1 aliphatic heterocycles. The molecule has 1 aromatic carbocycles. The van der Waals surface area contributed by atoms with Gasteiger partial charge in [-0.3, -0.25) is 9.59 Å². The summed E-state index contributed by atoms with van der Waals surface area (Å²) in [6.45, 7) is 7.47. The van der Waals surface area contributed by atoms with E-state index in [4.69, 9.17) is 11.6 Å². The average molecular weight is 459 g/mol. The molecular formula is C22H27ClN6O3. The number of aliphatic hydroxyl groups is 1. The van der Waals surface area contributed by atoms with Crippen molar-refractivity contribution in [3.05, 3.63) is 48.1 Å². The predicted molar refractivity (Wildman–Crippen MR) is 125 cm³/mol. The number of carbonyl (C=O) groups excluding carboxylic acids is 2. The molecule has 2 heterocycles. The molecule has 0 aliphatic carbocycles. The van der Waals surface area contributed by atoms with Crippen molar-refractivity contribution in [1.82, 2.24) is 14.9 Å². The number of hydrogen-bond acceptors (Lipinski definition) is 7. The van der Waals surface area contributed by atoms with Gasteiger partial charge in [-0.05, 0) is 44.9 Å². The van der Waals surface area contributed by atoms with Gasteiger partial charge in [0, 0.05) is 19.1 Å². The maximum Gasteiger partial charge on any atom is 0.254 e. The molecule has 10 heteroatoms. The Morgan fingerprint density at radius 1 is 1.31 bits per heavy atom. The molecule has 0 radical (unpaired) electrons. The first kappa shape index (κ1) is 23.5. The molecule has 1 saturated heterocycles. The fourth-order valence-electron chi connectivity index (χ4n) is 3.39. The number of halogens is 1. The molecule has 32 heavy (non-hydrogen) atoms. The second-order valence-corrected chi connectivity index (χ2v) is 8.45. The molecule has 170 valence electrons. The zero-order chi connectivity index (χ0) is 23.3. The van der Waals surface area contributed by atoms with Gasteiger partial charge in [-0.1, -0.05) is 30.3 Å². The molecule has 2 amide bonds. The van der Waals surface area contributed by atoms with Crippen LogP contribution >= 0.6 is 11.6 Å². The Bertz CT molecular complexity index is 1010. The number of amides is 2. The van der Waals surface area contributed by atoms with Gasteiger partial charge in [0.1, 0.15) is 10.6 Å². The van der Waals surface area contributed by atoms with Crippen LogP contribution in [0.2, 0.25) is 5.02 Å². The highest BCUT2D eigenvalue weighted by atomic mass is 35.5. The molecular weight excluding hydrogens is 432 g/mol. The Labute approximate surface area is 191 Å². The summed E-state index contributed by atoms with van der Waals surface area (Å²) in [5.41, 5.74) is -0.257. The fourth-order valence-corrected chi connectivity index (χ4v) is 3.52. The number of hydrogen-bond donors (Lipinski definition) is 4. The minimum absolute atomic E-state index is 0.0664. The molecule has 1 aliphatic rings. The van der Waals surface area contributed by atoms with E-state index >= 15 is 0 Å². The second-order valence-electron chi connectivity index (χ2n) is 8.05. The van der Waals surface area contributed by atoms with Crippen molar-refractivity contribution < 1.29 is 14.7 Å². The lowest BCUT2D eigenvalue weighted by Crippen LogP contribution is -2.52. The van der Waals surface area contributed by atoms with Crippen LogP contribution in [0.5, 0.6) is 0 Å². The summed E-state index contributed by atoms with van der Waals surface area (Å²) in [5, 5.41) is 19.4. The lowest BCUT2D eigenvalue weighted by atomic mass is 10.0. The van der Waals surface area contributed by atoms with E-state index in [0.717, 1.165) is 12.8 Å². The number of carbonyl (C=O) groups is 2. The quantitative estimate of drug-likeness (QED) is 0.470. The van der Waals surface area contributed by atoms with E-state index in [1.54, 1.807) is 23.1 Å². The fraction of sp³-hybridized carbons (Fsp3) is 0.364. The predicted octanol–water partition coefficient (Wildman–Crippen LogP) is 3.17. The lowest BCUT2D eigenvalue weighted by molar-refractivity contribution is -0.148. The third kappa shape index (κ3) is 5.95. The van der Waals surface area contributed by atoms with Crippen LogP contribution in [0.1, 0.15) is 26.7 Å². The van der Waals surface area contributed by atoms with Crippen LogP contribution < -0.4 is 16.0 Å². The molecule has 0 saturated carbocycles. The summed E-state index contributed by atoms with van der Waals surface area (Å²) in [6.07, 6.45) is 4.30. The van der Waals surface area contributed by atoms with E-state index in [-0.39, 0.29) is 17.9 Å². The van der Waals surface area contributed by atoms with Gasteiger partial charge >= 0.3 is 0 Å². The summed E-state index contributed by atoms with van der Waals surface area (Å²) in [5.74, 6) is 0.0798. The van der Waals surface area contributed by atoms with Crippen LogP contribution in [-0.2, 0) is 9.59 Å². The van der Waals surface area contributed by atoms with Gasteiger partial charge in [0.25, 0.3) is 5.91 Å². The summed E-state index contributed by atoms with van der Waals surface area (Å²) in [6, 6.07) is 7.07. The molecule has 2 aromatic rings. The van der Waals surface area contributed by atoms with Crippen molar-refractivity contribution >= 4 is 46.6 Å². The topological polar surface area (TPSA) is 119 Å². The first-order valence-corrected chi connectivity index (χ1v) is 10.7. The summed E-state index contributed by atoms with van der Waals surface area (Å²) >= 11 is 6.29. The Morgan fingerprint density at radius 2 is 2.03 bits per heavy atom. The first-order chi connectivity index (χ1) is 15.2. The highest BCUT2D eigenvalue weighted by molar-refractivity contribution is 6.33. The van der Waals surface area contributed by atoms with Crippen LogP contribution in [0.4, 0.5) is 23.1 Å². The van der Waals surface area contributed by atoms with E-state index in [1.165, 1.54) is 26.1 Å². The zero-order valence-corrected chi connectivity index (χ0v) is 18.8. The molecule has 0 spiro atoms. The third-order valence-electron chi connectivity index (χ3n) is 4.93. The van der Waals surface area contributed by atoms with E-state index < -0.39 is 5.60 Å². The number of piperidine rings is 1. The van der Waals surface area contributed by atoms with Gasteiger partial charge in [-0.15, -0.1) is 0 Å². The molecule has 1 aromatic heterocycles. The number of nitrogens with zero attached hydrogens (tertiary/aromatic N) is 3.